The fourth-order valence-electron chi connectivity index (χ4n) is 2.44. The van der Waals surface area contributed by atoms with E-state index in [9.17, 15) is 0 Å². The second-order valence-corrected chi connectivity index (χ2v) is 5.71. The van der Waals surface area contributed by atoms with Gasteiger partial charge in [0.15, 0.2) is 0 Å². The fourth-order valence-corrected chi connectivity index (χ4v) is 3.45. The maximum absolute atomic E-state index is 2.26. The van der Waals surface area contributed by atoms with Crippen LogP contribution < -0.4 is 0 Å². The maximum Gasteiger partial charge on any atom is 0.0200 e. The smallest absolute Gasteiger partial charge is 0.0200 e. The highest BCUT2D eigenvalue weighted by Gasteiger charge is 2.17. The number of rotatable bonds is 3. The molecule has 0 aromatic heterocycles. The van der Waals surface area contributed by atoms with Gasteiger partial charge in [0.05, 0.1) is 0 Å². The first kappa shape index (κ1) is 11.6. The SMILES string of the molecule is CC1=C(CSc2ccccc2)Cc2ccccc21. The van der Waals surface area contributed by atoms with E-state index in [1.807, 2.05) is 11.8 Å². The number of thioether (sulfide) groups is 1. The van der Waals surface area contributed by atoms with Crippen LogP contribution in [0.3, 0.4) is 0 Å². The molecule has 0 fully saturated rings. The number of allylic oxidation sites excluding steroid dienone is 1. The van der Waals surface area contributed by atoms with Gasteiger partial charge in [-0.05, 0) is 42.2 Å². The van der Waals surface area contributed by atoms with Crippen LogP contribution in [-0.4, -0.2) is 5.75 Å². The minimum atomic E-state index is 1.10. The Morgan fingerprint density at radius 1 is 0.944 bits per heavy atom. The average Bonchev–Trinajstić information content (AvgIpc) is 2.75. The van der Waals surface area contributed by atoms with E-state index in [1.165, 1.54) is 21.6 Å². The van der Waals surface area contributed by atoms with Crippen LogP contribution in [0.5, 0.6) is 0 Å². The molecule has 0 N–H and O–H groups in total. The van der Waals surface area contributed by atoms with Crippen molar-refractivity contribution in [2.45, 2.75) is 18.2 Å². The standard InChI is InChI=1S/C17H16S/c1-13-15(11-14-7-5-6-10-17(13)14)12-18-16-8-3-2-4-9-16/h2-10H,11-12H2,1H3. The van der Waals surface area contributed by atoms with Gasteiger partial charge in [0.25, 0.3) is 0 Å². The molecule has 1 aliphatic rings. The zero-order valence-corrected chi connectivity index (χ0v) is 11.3. The Morgan fingerprint density at radius 2 is 1.67 bits per heavy atom. The van der Waals surface area contributed by atoms with Crippen LogP contribution in [0, 0.1) is 0 Å². The van der Waals surface area contributed by atoms with Gasteiger partial charge in [-0.15, -0.1) is 11.8 Å². The highest BCUT2D eigenvalue weighted by molar-refractivity contribution is 7.99. The summed E-state index contributed by atoms with van der Waals surface area (Å²) in [6, 6.07) is 19.4. The molecule has 1 heteroatoms. The molecule has 90 valence electrons. The van der Waals surface area contributed by atoms with Crippen LogP contribution >= 0.6 is 11.8 Å². The maximum atomic E-state index is 2.26. The van der Waals surface area contributed by atoms with E-state index in [-0.39, 0.29) is 0 Å². The van der Waals surface area contributed by atoms with Gasteiger partial charge < -0.3 is 0 Å². The Bertz CT molecular complexity index is 582. The molecular formula is C17H16S. The second kappa shape index (κ2) is 5.03. The monoisotopic (exact) mass is 252 g/mol. The van der Waals surface area contributed by atoms with Crippen molar-refractivity contribution >= 4 is 17.3 Å². The number of benzene rings is 2. The Balaban J connectivity index is 1.74. The van der Waals surface area contributed by atoms with Crippen molar-refractivity contribution in [1.82, 2.24) is 0 Å². The molecule has 0 aliphatic heterocycles. The average molecular weight is 252 g/mol. The van der Waals surface area contributed by atoms with Gasteiger partial charge in [-0.1, -0.05) is 48.0 Å². The van der Waals surface area contributed by atoms with Crippen LogP contribution in [0.15, 0.2) is 65.1 Å². The predicted octanol–water partition coefficient (Wildman–Crippen LogP) is 4.81. The molecule has 0 spiro atoms. The summed E-state index contributed by atoms with van der Waals surface area (Å²) in [5.41, 5.74) is 5.99. The summed E-state index contributed by atoms with van der Waals surface area (Å²) in [5, 5.41) is 0. The molecule has 0 bridgehead atoms. The summed E-state index contributed by atoms with van der Waals surface area (Å²) in [5.74, 6) is 1.10. The van der Waals surface area contributed by atoms with Crippen molar-refractivity contribution in [1.29, 1.82) is 0 Å². The Morgan fingerprint density at radius 3 is 2.44 bits per heavy atom. The van der Waals surface area contributed by atoms with Crippen LogP contribution in [0.4, 0.5) is 0 Å². The van der Waals surface area contributed by atoms with Gasteiger partial charge in [0, 0.05) is 10.6 Å². The summed E-state index contributed by atoms with van der Waals surface area (Å²) in [6.45, 7) is 2.26. The minimum absolute atomic E-state index is 1.10. The molecule has 18 heavy (non-hydrogen) atoms. The summed E-state index contributed by atoms with van der Waals surface area (Å²) in [4.78, 5) is 1.36. The molecule has 2 aromatic rings. The number of hydrogen-bond donors (Lipinski definition) is 0. The van der Waals surface area contributed by atoms with Crippen molar-refractivity contribution in [3.05, 3.63) is 71.3 Å². The van der Waals surface area contributed by atoms with E-state index in [2.05, 4.69) is 61.5 Å². The van der Waals surface area contributed by atoms with Crippen LogP contribution in [0.2, 0.25) is 0 Å². The fraction of sp³-hybridized carbons (Fsp3) is 0.176. The molecule has 1 aliphatic carbocycles. The lowest BCUT2D eigenvalue weighted by Gasteiger charge is -2.04. The molecule has 0 amide bonds. The first-order valence-corrected chi connectivity index (χ1v) is 7.28. The molecule has 0 radical (unpaired) electrons. The lowest BCUT2D eigenvalue weighted by atomic mass is 10.1. The first-order valence-electron chi connectivity index (χ1n) is 6.29. The van der Waals surface area contributed by atoms with Gasteiger partial charge in [0.1, 0.15) is 0 Å². The summed E-state index contributed by atoms with van der Waals surface area (Å²) >= 11 is 1.93. The van der Waals surface area contributed by atoms with Crippen molar-refractivity contribution in [2.24, 2.45) is 0 Å². The van der Waals surface area contributed by atoms with Crippen LogP contribution in [0.25, 0.3) is 5.57 Å². The third-order valence-corrected chi connectivity index (χ3v) is 4.61. The normalized spacial score (nSPS) is 13.8. The van der Waals surface area contributed by atoms with Crippen molar-refractivity contribution in [2.75, 3.05) is 5.75 Å². The number of hydrogen-bond acceptors (Lipinski definition) is 1. The molecule has 3 rings (SSSR count). The molecular weight excluding hydrogens is 236 g/mol. The Hall–Kier alpha value is -1.47. The highest BCUT2D eigenvalue weighted by atomic mass is 32.2. The molecule has 0 saturated heterocycles. The van der Waals surface area contributed by atoms with E-state index in [0.717, 1.165) is 12.2 Å². The third-order valence-electron chi connectivity index (χ3n) is 3.51. The van der Waals surface area contributed by atoms with Gasteiger partial charge >= 0.3 is 0 Å². The molecule has 0 nitrogen and oxygen atoms in total. The molecule has 0 unspecified atom stereocenters. The largest absolute Gasteiger partial charge is 0.122 e. The van der Waals surface area contributed by atoms with Crippen molar-refractivity contribution in [3.8, 4) is 0 Å². The van der Waals surface area contributed by atoms with Gasteiger partial charge in [0.2, 0.25) is 0 Å². The third kappa shape index (κ3) is 2.23. The van der Waals surface area contributed by atoms with Gasteiger partial charge in [-0.2, -0.15) is 0 Å². The van der Waals surface area contributed by atoms with E-state index in [0.29, 0.717) is 0 Å². The summed E-state index contributed by atoms with van der Waals surface area (Å²) < 4.78 is 0. The van der Waals surface area contributed by atoms with Crippen LogP contribution in [0.1, 0.15) is 18.1 Å². The van der Waals surface area contributed by atoms with E-state index < -0.39 is 0 Å². The number of fused-ring (bicyclic) bond motifs is 1. The molecule has 0 heterocycles. The highest BCUT2D eigenvalue weighted by Crippen LogP contribution is 2.35. The summed E-state index contributed by atoms with van der Waals surface area (Å²) in [6.07, 6.45) is 1.13. The lowest BCUT2D eigenvalue weighted by Crippen LogP contribution is -1.88. The molecule has 0 atom stereocenters. The predicted molar refractivity (Wildman–Crippen MR) is 79.9 cm³/mol. The lowest BCUT2D eigenvalue weighted by molar-refractivity contribution is 1.20. The Labute approximate surface area is 113 Å². The first-order chi connectivity index (χ1) is 8.84. The van der Waals surface area contributed by atoms with E-state index in [4.69, 9.17) is 0 Å². The minimum Gasteiger partial charge on any atom is -0.122 e. The van der Waals surface area contributed by atoms with Crippen LogP contribution in [-0.2, 0) is 6.42 Å². The van der Waals surface area contributed by atoms with E-state index >= 15 is 0 Å². The topological polar surface area (TPSA) is 0 Å². The molecule has 2 aromatic carbocycles. The van der Waals surface area contributed by atoms with Crippen molar-refractivity contribution < 1.29 is 0 Å². The quantitative estimate of drug-likeness (QED) is 0.706. The second-order valence-electron chi connectivity index (χ2n) is 4.66. The zero-order valence-electron chi connectivity index (χ0n) is 10.5. The Kier molecular flexibility index (Phi) is 3.24. The van der Waals surface area contributed by atoms with Gasteiger partial charge in [-0.3, -0.25) is 0 Å². The van der Waals surface area contributed by atoms with Crippen molar-refractivity contribution in [3.63, 3.8) is 0 Å². The zero-order chi connectivity index (χ0) is 12.4. The molecule has 0 saturated carbocycles. The van der Waals surface area contributed by atoms with E-state index in [1.54, 1.807) is 5.57 Å². The summed E-state index contributed by atoms with van der Waals surface area (Å²) in [7, 11) is 0. The van der Waals surface area contributed by atoms with Gasteiger partial charge in [-0.25, -0.2) is 0 Å².